The van der Waals surface area contributed by atoms with Gasteiger partial charge in [0.15, 0.2) is 11.5 Å². The summed E-state index contributed by atoms with van der Waals surface area (Å²) in [5, 5.41) is 9.23. The second-order valence-corrected chi connectivity index (χ2v) is 4.35. The zero-order valence-corrected chi connectivity index (χ0v) is 10.9. The van der Waals surface area contributed by atoms with Gasteiger partial charge in [-0.25, -0.2) is 9.98 Å². The Balaban J connectivity index is 2.46. The number of hydrogen-bond acceptors (Lipinski definition) is 7. The van der Waals surface area contributed by atoms with Gasteiger partial charge in [0.2, 0.25) is 5.95 Å². The van der Waals surface area contributed by atoms with Crippen LogP contribution in [0.3, 0.4) is 0 Å². The van der Waals surface area contributed by atoms with Crippen LogP contribution in [-0.4, -0.2) is 29.9 Å². The Labute approximate surface area is 106 Å². The van der Waals surface area contributed by atoms with Gasteiger partial charge in [0.25, 0.3) is 0 Å². The molecule has 0 fully saturated rings. The summed E-state index contributed by atoms with van der Waals surface area (Å²) >= 11 is 0. The Morgan fingerprint density at radius 1 is 1.44 bits per heavy atom. The molecule has 2 rings (SSSR count). The minimum Gasteiger partial charge on any atom is -0.371 e. The van der Waals surface area contributed by atoms with E-state index in [9.17, 15) is 0 Å². The predicted octanol–water partition coefficient (Wildman–Crippen LogP) is 0.925. The molecule has 98 valence electrons. The van der Waals surface area contributed by atoms with Crippen molar-refractivity contribution >= 4 is 23.8 Å². The van der Waals surface area contributed by atoms with Crippen LogP contribution >= 0.6 is 0 Å². The molecule has 0 amide bonds. The lowest BCUT2D eigenvalue weighted by molar-refractivity contribution is 0.506. The van der Waals surface area contributed by atoms with Gasteiger partial charge in [-0.05, 0) is 13.3 Å². The van der Waals surface area contributed by atoms with Crippen LogP contribution < -0.4 is 21.7 Å². The maximum Gasteiger partial charge on any atom is 0.225 e. The van der Waals surface area contributed by atoms with Gasteiger partial charge in [-0.3, -0.25) is 0 Å². The van der Waals surface area contributed by atoms with Crippen LogP contribution in [0.15, 0.2) is 4.99 Å². The van der Waals surface area contributed by atoms with Gasteiger partial charge in [0, 0.05) is 13.6 Å². The Kier molecular flexibility index (Phi) is 3.33. The second kappa shape index (κ2) is 4.77. The molecule has 0 aliphatic carbocycles. The summed E-state index contributed by atoms with van der Waals surface area (Å²) < 4.78 is 0. The number of nitrogens with one attached hydrogen (secondary N) is 3. The first-order valence-corrected chi connectivity index (χ1v) is 6.01. The zero-order valence-electron chi connectivity index (χ0n) is 10.9. The van der Waals surface area contributed by atoms with E-state index in [0.29, 0.717) is 17.5 Å². The molecule has 0 saturated carbocycles. The highest BCUT2D eigenvalue weighted by Gasteiger charge is 2.30. The first-order chi connectivity index (χ1) is 8.58. The van der Waals surface area contributed by atoms with E-state index in [4.69, 9.17) is 5.73 Å². The summed E-state index contributed by atoms with van der Waals surface area (Å²) in [6, 6.07) is 0. The maximum atomic E-state index is 6.13. The highest BCUT2D eigenvalue weighted by molar-refractivity contribution is 5.86. The molecule has 7 heteroatoms. The molecule has 0 aromatic carbocycles. The van der Waals surface area contributed by atoms with Gasteiger partial charge in [0.05, 0.1) is 6.34 Å². The molecule has 0 spiro atoms. The van der Waals surface area contributed by atoms with Crippen molar-refractivity contribution in [2.75, 3.05) is 29.5 Å². The van der Waals surface area contributed by atoms with Crippen molar-refractivity contribution in [3.05, 3.63) is 5.69 Å². The molecule has 1 aliphatic heterocycles. The lowest BCUT2D eigenvalue weighted by atomic mass is 10.1. The van der Waals surface area contributed by atoms with Crippen molar-refractivity contribution < 1.29 is 0 Å². The Morgan fingerprint density at radius 3 is 2.89 bits per heavy atom. The van der Waals surface area contributed by atoms with Gasteiger partial charge in [-0.1, -0.05) is 6.92 Å². The number of nitrogens with zero attached hydrogens (tertiary/aromatic N) is 3. The molecule has 0 radical (unpaired) electrons. The summed E-state index contributed by atoms with van der Waals surface area (Å²) in [5.41, 5.74) is 6.75. The van der Waals surface area contributed by atoms with E-state index in [2.05, 4.69) is 37.8 Å². The third-order valence-electron chi connectivity index (χ3n) is 2.70. The van der Waals surface area contributed by atoms with Gasteiger partial charge in [-0.2, -0.15) is 4.98 Å². The molecule has 1 aliphatic rings. The van der Waals surface area contributed by atoms with Crippen molar-refractivity contribution in [1.82, 2.24) is 9.97 Å². The molecule has 2 heterocycles. The second-order valence-electron chi connectivity index (χ2n) is 4.35. The van der Waals surface area contributed by atoms with Crippen LogP contribution in [0.2, 0.25) is 0 Å². The molecule has 1 unspecified atom stereocenters. The number of rotatable bonds is 4. The Hall–Kier alpha value is -1.89. The average Bonchev–Trinajstić information content (AvgIpc) is 2.35. The van der Waals surface area contributed by atoms with Crippen molar-refractivity contribution in [1.29, 1.82) is 0 Å². The lowest BCUT2D eigenvalue weighted by Gasteiger charge is -2.27. The third-order valence-corrected chi connectivity index (χ3v) is 2.70. The number of fused-ring (bicyclic) bond motifs is 1. The summed E-state index contributed by atoms with van der Waals surface area (Å²) in [6.45, 7) is 4.72. The predicted molar refractivity (Wildman–Crippen MR) is 74.0 cm³/mol. The van der Waals surface area contributed by atoms with Gasteiger partial charge in [-0.15, -0.1) is 0 Å². The number of anilines is 3. The third kappa shape index (κ3) is 2.21. The minimum absolute atomic E-state index is 0.565. The normalized spacial score (nSPS) is 21.1. The highest BCUT2D eigenvalue weighted by atomic mass is 15.2. The van der Waals surface area contributed by atoms with Crippen molar-refractivity contribution in [3.63, 3.8) is 0 Å². The quantitative estimate of drug-likeness (QED) is 0.633. The van der Waals surface area contributed by atoms with Crippen molar-refractivity contribution in [2.24, 2.45) is 10.7 Å². The van der Waals surface area contributed by atoms with E-state index in [1.54, 1.807) is 6.34 Å². The molecular formula is C11H19N7. The van der Waals surface area contributed by atoms with Crippen molar-refractivity contribution in [3.8, 4) is 0 Å². The fraction of sp³-hybridized carbons (Fsp3) is 0.545. The van der Waals surface area contributed by atoms with Gasteiger partial charge >= 0.3 is 0 Å². The molecule has 5 N–H and O–H groups in total. The first kappa shape index (κ1) is 12.6. The van der Waals surface area contributed by atoms with Crippen LogP contribution in [0.4, 0.5) is 17.5 Å². The largest absolute Gasteiger partial charge is 0.371 e. The molecule has 7 nitrogen and oxygen atoms in total. The first-order valence-electron chi connectivity index (χ1n) is 6.01. The molecule has 0 bridgehead atoms. The van der Waals surface area contributed by atoms with Crippen LogP contribution in [-0.2, 0) is 5.66 Å². The Bertz CT molecular complexity index is 467. The van der Waals surface area contributed by atoms with Crippen LogP contribution in [0.5, 0.6) is 0 Å². The molecule has 1 atom stereocenters. The van der Waals surface area contributed by atoms with Crippen LogP contribution in [0.1, 0.15) is 26.0 Å². The van der Waals surface area contributed by atoms with E-state index in [1.807, 2.05) is 14.0 Å². The standard InChI is InChI=1S/C11H19N7/c1-4-5-14-10-17-8-7(9(13-3)18-10)15-6-16-11(8,2)12/h6H,4-5,12H2,1-3H3,(H,15,16)(H2,13,14,17,18). The summed E-state index contributed by atoms with van der Waals surface area (Å²) in [4.78, 5) is 13.0. The summed E-state index contributed by atoms with van der Waals surface area (Å²) in [6.07, 6.45) is 2.58. The van der Waals surface area contributed by atoms with E-state index in [0.717, 1.165) is 18.7 Å². The minimum atomic E-state index is -0.836. The van der Waals surface area contributed by atoms with E-state index < -0.39 is 5.66 Å². The summed E-state index contributed by atoms with van der Waals surface area (Å²) in [7, 11) is 1.81. The Morgan fingerprint density at radius 2 is 2.22 bits per heavy atom. The molecule has 1 aromatic heterocycles. The van der Waals surface area contributed by atoms with Crippen LogP contribution in [0, 0.1) is 0 Å². The number of hydrogen-bond donors (Lipinski definition) is 4. The fourth-order valence-corrected chi connectivity index (χ4v) is 1.75. The SMILES string of the molecule is CCCNc1nc(NC)c2c(n1)C(C)(N)N=CN2. The number of aromatic nitrogens is 2. The monoisotopic (exact) mass is 249 g/mol. The van der Waals surface area contributed by atoms with E-state index >= 15 is 0 Å². The van der Waals surface area contributed by atoms with Crippen LogP contribution in [0.25, 0.3) is 0 Å². The smallest absolute Gasteiger partial charge is 0.225 e. The van der Waals surface area contributed by atoms with Crippen molar-refractivity contribution in [2.45, 2.75) is 25.9 Å². The summed E-state index contributed by atoms with van der Waals surface area (Å²) in [5.74, 6) is 1.27. The van der Waals surface area contributed by atoms with Gasteiger partial charge < -0.3 is 21.7 Å². The van der Waals surface area contributed by atoms with E-state index in [-0.39, 0.29) is 0 Å². The topological polar surface area (TPSA) is 100 Å². The fourth-order valence-electron chi connectivity index (χ4n) is 1.75. The maximum absolute atomic E-state index is 6.13. The average molecular weight is 249 g/mol. The zero-order chi connectivity index (χ0) is 13.2. The number of aliphatic imine (C=N–C) groups is 1. The molecule has 0 saturated heterocycles. The lowest BCUT2D eigenvalue weighted by Crippen LogP contribution is -2.36. The van der Waals surface area contributed by atoms with Gasteiger partial charge in [0.1, 0.15) is 11.4 Å². The number of nitrogens with two attached hydrogens (primary N) is 1. The molecular weight excluding hydrogens is 230 g/mol. The van der Waals surface area contributed by atoms with E-state index in [1.165, 1.54) is 0 Å². The molecule has 1 aromatic rings. The highest BCUT2D eigenvalue weighted by Crippen LogP contribution is 2.33. The molecule has 18 heavy (non-hydrogen) atoms.